The summed E-state index contributed by atoms with van der Waals surface area (Å²) in [6, 6.07) is 49.8. The van der Waals surface area contributed by atoms with E-state index in [2.05, 4.69) is 173 Å². The second kappa shape index (κ2) is 10.2. The summed E-state index contributed by atoms with van der Waals surface area (Å²) in [7, 11) is 0. The summed E-state index contributed by atoms with van der Waals surface area (Å²) in [5.74, 6) is 0. The molecule has 1 heteroatoms. The van der Waals surface area contributed by atoms with Crippen LogP contribution in [-0.2, 0) is 5.41 Å². The number of hydrogen-bond acceptors (Lipinski definition) is 1. The standard InChI is InChI=1S/C44H37N/c1-28-9-8-11-37(21-28)45(43-12-7-6-10-29(43)2)38-20-17-33-25-40-39-24-32-14-13-31(30-15-18-36(19-16-30)44(3,4)5)22-34(32)26-41(39)42(40)27-35(33)23-38/h6-27H,1-5H3. The molecule has 0 fully saturated rings. The van der Waals surface area contributed by atoms with Crippen LogP contribution in [-0.4, -0.2) is 0 Å². The Kier molecular flexibility index (Phi) is 6.22. The molecule has 0 spiro atoms. The fourth-order valence-electron chi connectivity index (χ4n) is 6.90. The zero-order chi connectivity index (χ0) is 30.9. The van der Waals surface area contributed by atoms with Gasteiger partial charge >= 0.3 is 0 Å². The van der Waals surface area contributed by atoms with Gasteiger partial charge < -0.3 is 4.90 Å². The molecular formula is C44H37N. The number of fused-ring (bicyclic) bond motifs is 6. The lowest BCUT2D eigenvalue weighted by Gasteiger charge is -2.29. The smallest absolute Gasteiger partial charge is 0.0490 e. The molecule has 0 saturated heterocycles. The van der Waals surface area contributed by atoms with Gasteiger partial charge in [-0.2, -0.15) is 0 Å². The first-order valence-electron chi connectivity index (χ1n) is 15.9. The van der Waals surface area contributed by atoms with Crippen molar-refractivity contribution in [1.82, 2.24) is 0 Å². The van der Waals surface area contributed by atoms with Crippen molar-refractivity contribution in [3.63, 3.8) is 0 Å². The summed E-state index contributed by atoms with van der Waals surface area (Å²) in [6.45, 7) is 11.1. The van der Waals surface area contributed by atoms with Crippen LogP contribution >= 0.6 is 0 Å². The summed E-state index contributed by atoms with van der Waals surface area (Å²) < 4.78 is 0. The zero-order valence-electron chi connectivity index (χ0n) is 26.6. The second-order valence-corrected chi connectivity index (χ2v) is 13.7. The number of benzene rings is 7. The minimum atomic E-state index is 0.155. The van der Waals surface area contributed by atoms with Gasteiger partial charge in [0, 0.05) is 17.1 Å². The summed E-state index contributed by atoms with van der Waals surface area (Å²) in [6.07, 6.45) is 0. The molecule has 1 aliphatic rings. The van der Waals surface area contributed by atoms with Crippen molar-refractivity contribution in [1.29, 1.82) is 0 Å². The number of nitrogens with zero attached hydrogens (tertiary/aromatic N) is 1. The largest absolute Gasteiger partial charge is 0.310 e. The van der Waals surface area contributed by atoms with E-state index in [0.29, 0.717) is 0 Å². The number of anilines is 3. The first kappa shape index (κ1) is 27.4. The molecule has 0 heterocycles. The van der Waals surface area contributed by atoms with Crippen LogP contribution in [0.3, 0.4) is 0 Å². The average molecular weight is 580 g/mol. The molecule has 0 saturated carbocycles. The molecule has 8 rings (SSSR count). The van der Waals surface area contributed by atoms with Gasteiger partial charge in [0.05, 0.1) is 0 Å². The second-order valence-electron chi connectivity index (χ2n) is 13.7. The van der Waals surface area contributed by atoms with E-state index in [0.717, 1.165) is 0 Å². The third-order valence-corrected chi connectivity index (χ3v) is 9.48. The quantitative estimate of drug-likeness (QED) is 0.200. The minimum Gasteiger partial charge on any atom is -0.310 e. The molecule has 7 aromatic carbocycles. The lowest BCUT2D eigenvalue weighted by molar-refractivity contribution is 0.590. The van der Waals surface area contributed by atoms with E-state index in [1.165, 1.54) is 88.7 Å². The van der Waals surface area contributed by atoms with Crippen molar-refractivity contribution in [2.75, 3.05) is 4.90 Å². The van der Waals surface area contributed by atoms with Crippen LogP contribution in [0.4, 0.5) is 17.1 Å². The van der Waals surface area contributed by atoms with E-state index in [4.69, 9.17) is 0 Å². The average Bonchev–Trinajstić information content (AvgIpc) is 3.04. The Morgan fingerprint density at radius 2 is 1.02 bits per heavy atom. The highest BCUT2D eigenvalue weighted by molar-refractivity contribution is 6.12. The fourth-order valence-corrected chi connectivity index (χ4v) is 6.90. The first-order valence-corrected chi connectivity index (χ1v) is 15.9. The highest BCUT2D eigenvalue weighted by Gasteiger charge is 2.24. The van der Waals surface area contributed by atoms with Crippen LogP contribution in [0, 0.1) is 13.8 Å². The molecule has 218 valence electrons. The van der Waals surface area contributed by atoms with Crippen LogP contribution in [0.25, 0.3) is 54.9 Å². The molecule has 0 unspecified atom stereocenters. The monoisotopic (exact) mass is 579 g/mol. The van der Waals surface area contributed by atoms with Gasteiger partial charge in [-0.25, -0.2) is 0 Å². The third kappa shape index (κ3) is 4.71. The normalized spacial score (nSPS) is 12.1. The van der Waals surface area contributed by atoms with E-state index in [1.807, 2.05) is 0 Å². The lowest BCUT2D eigenvalue weighted by Crippen LogP contribution is -2.11. The van der Waals surface area contributed by atoms with Crippen LogP contribution in [0.1, 0.15) is 37.5 Å². The Morgan fingerprint density at radius 1 is 0.444 bits per heavy atom. The lowest BCUT2D eigenvalue weighted by atomic mass is 9.77. The summed E-state index contributed by atoms with van der Waals surface area (Å²) in [5.41, 5.74) is 15.5. The van der Waals surface area contributed by atoms with E-state index in [9.17, 15) is 0 Å². The van der Waals surface area contributed by atoms with Gasteiger partial charge in [0.2, 0.25) is 0 Å². The Labute approximate surface area is 266 Å². The molecule has 0 N–H and O–H groups in total. The molecule has 0 aromatic heterocycles. The van der Waals surface area contributed by atoms with Crippen LogP contribution in [0.5, 0.6) is 0 Å². The third-order valence-electron chi connectivity index (χ3n) is 9.48. The van der Waals surface area contributed by atoms with Gasteiger partial charge in [0.25, 0.3) is 0 Å². The predicted octanol–water partition coefficient (Wildman–Crippen LogP) is 12.7. The van der Waals surface area contributed by atoms with Gasteiger partial charge in [0.1, 0.15) is 0 Å². The highest BCUT2D eigenvalue weighted by atomic mass is 15.1. The Hall–Kier alpha value is -5.14. The topological polar surface area (TPSA) is 3.24 Å². The van der Waals surface area contributed by atoms with E-state index < -0.39 is 0 Å². The number of para-hydroxylation sites is 1. The predicted molar refractivity (Wildman–Crippen MR) is 194 cm³/mol. The zero-order valence-corrected chi connectivity index (χ0v) is 26.6. The van der Waals surface area contributed by atoms with Crippen LogP contribution < -0.4 is 4.90 Å². The molecule has 1 aliphatic carbocycles. The maximum absolute atomic E-state index is 2.39. The van der Waals surface area contributed by atoms with Gasteiger partial charge in [-0.1, -0.05) is 93.6 Å². The maximum atomic E-state index is 2.39. The van der Waals surface area contributed by atoms with Crippen molar-refractivity contribution in [2.24, 2.45) is 0 Å². The van der Waals surface area contributed by atoms with Gasteiger partial charge in [-0.05, 0) is 152 Å². The Balaban J connectivity index is 1.19. The van der Waals surface area contributed by atoms with E-state index in [-0.39, 0.29) is 5.41 Å². The SMILES string of the molecule is Cc1cccc(N(c2ccc3cc4c(cc3c2)-c2cc3cc(-c5ccc(C(C)(C)C)cc5)ccc3cc2-4)c2ccccc2C)c1. The van der Waals surface area contributed by atoms with Crippen molar-refractivity contribution < 1.29 is 0 Å². The summed E-state index contributed by atoms with van der Waals surface area (Å²) in [5, 5.41) is 5.11. The molecule has 0 atom stereocenters. The van der Waals surface area contributed by atoms with E-state index >= 15 is 0 Å². The molecule has 0 radical (unpaired) electrons. The van der Waals surface area contributed by atoms with Crippen LogP contribution in [0.2, 0.25) is 0 Å². The number of hydrogen-bond donors (Lipinski definition) is 0. The summed E-state index contributed by atoms with van der Waals surface area (Å²) in [4.78, 5) is 2.39. The molecular weight excluding hydrogens is 542 g/mol. The molecule has 7 aromatic rings. The van der Waals surface area contributed by atoms with Crippen molar-refractivity contribution >= 4 is 38.6 Å². The maximum Gasteiger partial charge on any atom is 0.0490 e. The van der Waals surface area contributed by atoms with Crippen molar-refractivity contribution in [3.05, 3.63) is 150 Å². The molecule has 0 aliphatic heterocycles. The van der Waals surface area contributed by atoms with Gasteiger partial charge in [-0.15, -0.1) is 0 Å². The molecule has 45 heavy (non-hydrogen) atoms. The Bertz CT molecular complexity index is 2260. The van der Waals surface area contributed by atoms with Gasteiger partial charge in [0.15, 0.2) is 0 Å². The number of aryl methyl sites for hydroxylation is 2. The molecule has 0 amide bonds. The molecule has 1 nitrogen and oxygen atoms in total. The van der Waals surface area contributed by atoms with E-state index in [1.54, 1.807) is 0 Å². The van der Waals surface area contributed by atoms with Crippen LogP contribution in [0.15, 0.2) is 133 Å². The highest BCUT2D eigenvalue weighted by Crippen LogP contribution is 2.51. The summed E-state index contributed by atoms with van der Waals surface area (Å²) >= 11 is 0. The van der Waals surface area contributed by atoms with Gasteiger partial charge in [-0.3, -0.25) is 0 Å². The number of rotatable bonds is 4. The van der Waals surface area contributed by atoms with Crippen molar-refractivity contribution in [3.8, 4) is 33.4 Å². The minimum absolute atomic E-state index is 0.155. The molecule has 0 bridgehead atoms. The van der Waals surface area contributed by atoms with Crippen molar-refractivity contribution in [2.45, 2.75) is 40.0 Å². The first-order chi connectivity index (χ1) is 21.7. The fraction of sp³-hybridized carbons (Fsp3) is 0.136. The Morgan fingerprint density at radius 3 is 1.67 bits per heavy atom.